The van der Waals surface area contributed by atoms with Gasteiger partial charge >= 0.3 is 18.3 Å². The molecule has 3 amide bonds. The third kappa shape index (κ3) is 21.6. The summed E-state index contributed by atoms with van der Waals surface area (Å²) in [7, 11) is 0. The summed E-state index contributed by atoms with van der Waals surface area (Å²) in [5, 5.41) is 19.7. The van der Waals surface area contributed by atoms with Crippen molar-refractivity contribution in [3.8, 4) is 33.4 Å². The Balaban J connectivity index is 0.000000132. The minimum Gasteiger partial charge on any atom is -0.448 e. The number of aromatic amines is 3. The molecule has 3 aliphatic heterocycles. The van der Waals surface area contributed by atoms with Crippen LogP contribution >= 0.6 is 47.8 Å². The van der Waals surface area contributed by atoms with E-state index >= 15 is 0 Å². The van der Waals surface area contributed by atoms with Gasteiger partial charge in [0, 0.05) is 222 Å². The summed E-state index contributed by atoms with van der Waals surface area (Å²) < 4.78 is 20.4. The first kappa shape index (κ1) is 98.9. The van der Waals surface area contributed by atoms with Crippen LogP contribution in [0.15, 0.2) is 265 Å². The highest BCUT2D eigenvalue weighted by molar-refractivity contribution is 9.11. The molecule has 15 aromatic rings. The van der Waals surface area contributed by atoms with Crippen molar-refractivity contribution in [1.82, 2.24) is 44.6 Å². The van der Waals surface area contributed by atoms with E-state index in [0.29, 0.717) is 112 Å². The van der Waals surface area contributed by atoms with Gasteiger partial charge in [-0.15, -0.1) is 0 Å². The number of anilines is 6. The average Bonchev–Trinajstić information content (AvgIpc) is 1.74. The Hall–Kier alpha value is -14.2. The van der Waals surface area contributed by atoms with Crippen LogP contribution in [0.25, 0.3) is 65.7 Å². The van der Waals surface area contributed by atoms with Crippen molar-refractivity contribution in [1.29, 1.82) is 0 Å². The number of fused-ring (bicyclic) bond motifs is 12. The highest BCUT2D eigenvalue weighted by Gasteiger charge is 2.39. The van der Waals surface area contributed by atoms with Crippen LogP contribution < -0.4 is 48.6 Å². The van der Waals surface area contributed by atoms with Crippen molar-refractivity contribution in [2.45, 2.75) is 162 Å². The van der Waals surface area contributed by atoms with Crippen LogP contribution in [-0.4, -0.2) is 145 Å². The molecule has 28 heteroatoms. The highest BCUT2D eigenvalue weighted by atomic mass is 79.9. The van der Waals surface area contributed by atoms with Gasteiger partial charge in [0.2, 0.25) is 0 Å². The van der Waals surface area contributed by atoms with E-state index in [1.807, 2.05) is 130 Å². The number of nitrogens with two attached hydrogens (primary N) is 1. The molecular formula is C115H116Br3N15O10. The second-order valence-electron chi connectivity index (χ2n) is 37.9. The second-order valence-corrected chi connectivity index (χ2v) is 40.6. The molecule has 143 heavy (non-hydrogen) atoms. The maximum atomic E-state index is 13.5. The van der Waals surface area contributed by atoms with Crippen LogP contribution in [-0.2, 0) is 38.6 Å². The summed E-state index contributed by atoms with van der Waals surface area (Å²) in [6.07, 6.45) is 8.64. The van der Waals surface area contributed by atoms with E-state index in [2.05, 4.69) is 270 Å². The molecule has 21 rings (SSSR count). The molecule has 9 N–H and O–H groups in total. The lowest BCUT2D eigenvalue weighted by Crippen LogP contribution is -2.51. The fraction of sp³-hybridized carbons (Fsp3) is 0.287. The number of Topliss-reactive ketones (excluding diaryl/α,β-unsaturated/α-hetero) is 1. The Kier molecular flexibility index (Phi) is 30.2. The summed E-state index contributed by atoms with van der Waals surface area (Å²) >= 11 is 10.9. The Morgan fingerprint density at radius 2 is 0.769 bits per heavy atom. The highest BCUT2D eigenvalue weighted by Crippen LogP contribution is 2.49. The summed E-state index contributed by atoms with van der Waals surface area (Å²) in [6.45, 7) is 23.0. The Bertz CT molecular complexity index is 7430. The molecule has 0 bridgehead atoms. The van der Waals surface area contributed by atoms with Gasteiger partial charge in [0.25, 0.3) is 16.7 Å². The number of hydrogen-bond acceptors (Lipinski definition) is 19. The molecule has 3 fully saturated rings. The predicted molar refractivity (Wildman–Crippen MR) is 580 cm³/mol. The van der Waals surface area contributed by atoms with E-state index in [1.165, 1.54) is 66.8 Å². The molecule has 4 unspecified atom stereocenters. The van der Waals surface area contributed by atoms with Crippen molar-refractivity contribution in [2.75, 3.05) is 84.4 Å². The molecule has 6 aromatic heterocycles. The number of piperidine rings is 3. The topological polar surface area (TPSA) is 320 Å². The van der Waals surface area contributed by atoms with Gasteiger partial charge in [-0.05, 0) is 244 Å². The zero-order valence-electron chi connectivity index (χ0n) is 81.5. The fourth-order valence-electron chi connectivity index (χ4n) is 21.5. The lowest BCUT2D eigenvalue weighted by molar-refractivity contribution is -0.121. The molecule has 3 saturated heterocycles. The number of aryl methyl sites for hydroxylation is 6. The number of ketones is 1. The third-order valence-corrected chi connectivity index (χ3v) is 29.9. The molecule has 25 nitrogen and oxygen atoms in total. The first-order valence-corrected chi connectivity index (χ1v) is 51.2. The number of aromatic nitrogens is 6. The van der Waals surface area contributed by atoms with Gasteiger partial charge < -0.3 is 75.8 Å². The molecule has 9 aromatic carbocycles. The number of pyridine rings is 6. The fourth-order valence-corrected chi connectivity index (χ4v) is 22.8. The van der Waals surface area contributed by atoms with Gasteiger partial charge in [0.15, 0.2) is 0 Å². The Morgan fingerprint density at radius 1 is 0.420 bits per heavy atom. The molecule has 6 aliphatic rings. The first-order chi connectivity index (χ1) is 69.2. The largest absolute Gasteiger partial charge is 0.448 e. The SMILES string of the molecule is CCN(c1cc(Br)cc2c(NCc3c(C)cc(C)[nH]c3=O)nccc12)C1CCN(C(=O)OCC2c3ccccc3-c3ccccc32)C(C)C1.Cc1cc(C)c(CNc2nccc3c(N)cc(Br)cc23)c(=O)[nH]1.Cc1cc(C)c(CNc2nccc3c(NC4CCN(C(=O)OCC5c6ccccc6-c6ccccc65)C(C)C4)cc(Br)cc23)c(=O)[nH]1.O=C1CCN(C(=O)OCC2c3ccccc3-c3ccccc32)CC1. The molecule has 3 aliphatic carbocycles. The maximum Gasteiger partial charge on any atom is 0.410 e. The third-order valence-electron chi connectivity index (χ3n) is 28.6. The van der Waals surface area contributed by atoms with Crippen LogP contribution in [0.4, 0.5) is 48.9 Å². The number of amides is 3. The van der Waals surface area contributed by atoms with Crippen molar-refractivity contribution >= 4 is 139 Å². The van der Waals surface area contributed by atoms with Crippen molar-refractivity contribution in [3.63, 3.8) is 0 Å². The molecule has 0 radical (unpaired) electrons. The van der Waals surface area contributed by atoms with E-state index < -0.39 is 0 Å². The lowest BCUT2D eigenvalue weighted by atomic mass is 9.95. The minimum atomic E-state index is -0.315. The Labute approximate surface area is 856 Å². The zero-order chi connectivity index (χ0) is 100.0. The number of benzene rings is 9. The van der Waals surface area contributed by atoms with Crippen LogP contribution in [0.2, 0.25) is 0 Å². The number of halogens is 3. The number of carbonyl (C=O) groups excluding carboxylic acids is 4. The van der Waals surface area contributed by atoms with E-state index in [-0.39, 0.29) is 82.7 Å². The molecule has 0 spiro atoms. The van der Waals surface area contributed by atoms with Gasteiger partial charge in [0.05, 0.1) is 0 Å². The van der Waals surface area contributed by atoms with E-state index in [4.69, 9.17) is 19.9 Å². The maximum absolute atomic E-state index is 13.5. The van der Waals surface area contributed by atoms with Crippen molar-refractivity contribution < 1.29 is 33.4 Å². The number of nitrogens with zero attached hydrogens (tertiary/aromatic N) is 7. The molecule has 9 heterocycles. The van der Waals surface area contributed by atoms with Gasteiger partial charge in [-0.2, -0.15) is 0 Å². The van der Waals surface area contributed by atoms with Gasteiger partial charge in [0.1, 0.15) is 43.1 Å². The van der Waals surface area contributed by atoms with Gasteiger partial charge in [-0.1, -0.05) is 193 Å². The number of rotatable bonds is 20. The van der Waals surface area contributed by atoms with Crippen molar-refractivity contribution in [2.24, 2.45) is 0 Å². The van der Waals surface area contributed by atoms with E-state index in [1.54, 1.807) is 17.3 Å². The molecule has 0 saturated carbocycles. The first-order valence-electron chi connectivity index (χ1n) is 48.9. The van der Waals surface area contributed by atoms with Crippen LogP contribution in [0.3, 0.4) is 0 Å². The number of hydrogen-bond donors (Lipinski definition) is 8. The summed E-state index contributed by atoms with van der Waals surface area (Å²) in [6, 6.07) is 74.8. The number of nitrogens with one attached hydrogen (secondary N) is 7. The quantitative estimate of drug-likeness (QED) is 0.0260. The summed E-state index contributed by atoms with van der Waals surface area (Å²) in [5.74, 6) is 2.53. The van der Waals surface area contributed by atoms with Crippen LogP contribution in [0.1, 0.15) is 161 Å². The van der Waals surface area contributed by atoms with E-state index in [0.717, 1.165) is 129 Å². The number of likely N-dealkylation sites (tertiary alicyclic amines) is 3. The monoisotopic (exact) mass is 2100 g/mol. The number of nitrogen functional groups attached to an aromatic ring is 1. The Morgan fingerprint density at radius 3 is 1.16 bits per heavy atom. The standard InChI is InChI=1S/C40H42BrN5O3.C38H38BrN5O3.C20H19NO3.C17H17BrN4O/c1-5-45(37-21-27(41)20-34-33(37)14-16-42-38(34)43-22-35-24(2)18-25(3)44-39(35)47)28-15-17-46(26(4)19-28)40(48)49-23-36-31-12-8-6-10-29(31)30-11-7-9-13-32(30)36;1-22-16-23(2)42-37(45)33(22)20-41-36-32-18-25(39)19-35(31(32)12-14-40-36)43-26-13-15-44(24(3)17-26)38(46)47-21-34-29-10-6-4-8-27(29)28-9-5-7-11-30(28)34;22-14-9-11-21(12-10-14)20(23)24-13-19-17-7-3-1-5-15(17)16-6-2-4-8-18(16)19;1-9-5-10(2)22-17(23)14(9)8-21-16-13-6-11(18)7-15(19)12(13)3-4-20-16/h6-14,16,18,20-21,26,28,36H,5,15,17,19,22-23H2,1-4H3,(H,42,43)(H,44,47);4-12,14,16,18-19,24,26,34,43H,13,15,17,20-21H2,1-3H3,(H,40,41)(H,42,45);1-8,19H,9-13H2;3-7H,8,19H2,1-2H3,(H,20,21)(H,22,23). The molecule has 732 valence electrons. The van der Waals surface area contributed by atoms with Crippen LogP contribution in [0.5, 0.6) is 0 Å². The van der Waals surface area contributed by atoms with E-state index in [9.17, 15) is 33.6 Å². The average molecular weight is 2110 g/mol. The predicted octanol–water partition coefficient (Wildman–Crippen LogP) is 23.8. The lowest BCUT2D eigenvalue weighted by Gasteiger charge is -2.43. The smallest absolute Gasteiger partial charge is 0.410 e. The van der Waals surface area contributed by atoms with Gasteiger partial charge in [-0.3, -0.25) is 19.2 Å². The second kappa shape index (κ2) is 43.7. The normalized spacial score (nSPS) is 16.1. The van der Waals surface area contributed by atoms with Crippen molar-refractivity contribution in [3.05, 3.63) is 365 Å². The van der Waals surface area contributed by atoms with Crippen LogP contribution in [0, 0.1) is 41.5 Å². The summed E-state index contributed by atoms with van der Waals surface area (Å²) in [5.41, 5.74) is 30.7. The number of H-pyrrole nitrogens is 3. The summed E-state index contributed by atoms with van der Waals surface area (Å²) in [4.78, 5) is 118. The van der Waals surface area contributed by atoms with Gasteiger partial charge in [-0.25, -0.2) is 29.3 Å². The number of ether oxygens (including phenoxy) is 3. The zero-order valence-corrected chi connectivity index (χ0v) is 86.3. The number of carbonyl (C=O) groups is 4. The molecule has 4 atom stereocenters. The minimum absolute atomic E-state index is 0.0186. The molecular weight excluding hydrogens is 1990 g/mol.